The van der Waals surface area contributed by atoms with E-state index in [0.29, 0.717) is 12.8 Å². The second-order valence-electron chi connectivity index (χ2n) is 5.85. The SMILES string of the molecule is CCCC(NC(=O)OC(C)(C)C)C(O)C(=O)CCC(=O)O. The van der Waals surface area contributed by atoms with Crippen molar-refractivity contribution in [3.8, 4) is 0 Å². The fourth-order valence-corrected chi connectivity index (χ4v) is 1.68. The number of carbonyl (C=O) groups excluding carboxylic acids is 2. The van der Waals surface area contributed by atoms with Crippen LogP contribution in [-0.2, 0) is 14.3 Å². The molecule has 0 rings (SSSR count). The van der Waals surface area contributed by atoms with Crippen LogP contribution in [0.2, 0.25) is 0 Å². The van der Waals surface area contributed by atoms with Gasteiger partial charge in [-0.3, -0.25) is 9.59 Å². The summed E-state index contributed by atoms with van der Waals surface area (Å²) in [5, 5.41) is 21.0. The van der Waals surface area contributed by atoms with E-state index in [4.69, 9.17) is 9.84 Å². The van der Waals surface area contributed by atoms with Gasteiger partial charge in [-0.2, -0.15) is 0 Å². The number of rotatable bonds is 8. The van der Waals surface area contributed by atoms with Crippen molar-refractivity contribution < 1.29 is 29.3 Å². The van der Waals surface area contributed by atoms with Crippen LogP contribution < -0.4 is 5.32 Å². The molecule has 0 aliphatic carbocycles. The minimum Gasteiger partial charge on any atom is -0.481 e. The summed E-state index contributed by atoms with van der Waals surface area (Å²) in [6.07, 6.45) is -1.74. The van der Waals surface area contributed by atoms with Crippen molar-refractivity contribution >= 4 is 17.8 Å². The number of ether oxygens (including phenoxy) is 1. The zero-order valence-electron chi connectivity index (χ0n) is 13.0. The Bertz CT molecular complexity index is 374. The van der Waals surface area contributed by atoms with Crippen LogP contribution in [0.3, 0.4) is 0 Å². The van der Waals surface area contributed by atoms with Crippen LogP contribution in [-0.4, -0.2) is 45.8 Å². The highest BCUT2D eigenvalue weighted by atomic mass is 16.6. The third-order valence-corrected chi connectivity index (χ3v) is 2.60. The van der Waals surface area contributed by atoms with Crippen molar-refractivity contribution in [1.82, 2.24) is 5.32 Å². The maximum absolute atomic E-state index is 11.7. The molecule has 0 aliphatic heterocycles. The Morgan fingerprint density at radius 2 is 1.76 bits per heavy atom. The molecule has 0 saturated heterocycles. The Balaban J connectivity index is 4.61. The molecule has 0 aromatic carbocycles. The Morgan fingerprint density at radius 3 is 2.19 bits per heavy atom. The number of alkyl carbamates (subject to hydrolysis) is 1. The zero-order chi connectivity index (χ0) is 16.6. The lowest BCUT2D eigenvalue weighted by molar-refractivity contribution is -0.140. The number of aliphatic carboxylic acids is 1. The molecule has 0 heterocycles. The first-order chi connectivity index (χ1) is 9.56. The Labute approximate surface area is 124 Å². The number of carbonyl (C=O) groups is 3. The first-order valence-electron chi connectivity index (χ1n) is 6.99. The molecule has 0 spiro atoms. The fraction of sp³-hybridized carbons (Fsp3) is 0.786. The summed E-state index contributed by atoms with van der Waals surface area (Å²) in [4.78, 5) is 33.8. The number of Topliss-reactive ketones (excluding diaryl/α,β-unsaturated/α-hetero) is 1. The average Bonchev–Trinajstić information content (AvgIpc) is 2.32. The van der Waals surface area contributed by atoms with E-state index in [9.17, 15) is 19.5 Å². The first kappa shape index (κ1) is 19.4. The van der Waals surface area contributed by atoms with E-state index in [1.54, 1.807) is 20.8 Å². The van der Waals surface area contributed by atoms with Crippen LogP contribution in [0.25, 0.3) is 0 Å². The van der Waals surface area contributed by atoms with E-state index in [2.05, 4.69) is 5.32 Å². The smallest absolute Gasteiger partial charge is 0.407 e. The standard InChI is InChI=1S/C14H25NO6/c1-5-6-9(15-13(20)21-14(2,3)4)12(19)10(16)7-8-11(17)18/h9,12,19H,5-8H2,1-4H3,(H,15,20)(H,17,18). The molecule has 0 saturated carbocycles. The molecule has 2 atom stereocenters. The molecule has 0 bridgehead atoms. The van der Waals surface area contributed by atoms with Crippen LogP contribution >= 0.6 is 0 Å². The number of hydrogen-bond acceptors (Lipinski definition) is 5. The monoisotopic (exact) mass is 303 g/mol. The molecule has 0 aromatic rings. The number of amides is 1. The highest BCUT2D eigenvalue weighted by molar-refractivity contribution is 5.87. The van der Waals surface area contributed by atoms with Crippen molar-refractivity contribution in [2.75, 3.05) is 0 Å². The van der Waals surface area contributed by atoms with Gasteiger partial charge in [0.1, 0.15) is 11.7 Å². The molecule has 7 nitrogen and oxygen atoms in total. The molecule has 2 unspecified atom stereocenters. The van der Waals surface area contributed by atoms with Crippen LogP contribution in [0, 0.1) is 0 Å². The van der Waals surface area contributed by atoms with E-state index in [0.717, 1.165) is 0 Å². The third kappa shape index (κ3) is 9.01. The van der Waals surface area contributed by atoms with Crippen molar-refractivity contribution in [2.45, 2.75) is 71.1 Å². The molecule has 0 fully saturated rings. The van der Waals surface area contributed by atoms with Crippen LogP contribution in [0.1, 0.15) is 53.4 Å². The van der Waals surface area contributed by atoms with Gasteiger partial charge in [0.05, 0.1) is 12.5 Å². The van der Waals surface area contributed by atoms with Crippen molar-refractivity contribution in [3.63, 3.8) is 0 Å². The summed E-state index contributed by atoms with van der Waals surface area (Å²) in [5.41, 5.74) is -0.681. The lowest BCUT2D eigenvalue weighted by Gasteiger charge is -2.25. The maximum atomic E-state index is 11.7. The number of ketones is 1. The molecule has 21 heavy (non-hydrogen) atoms. The van der Waals surface area contributed by atoms with Crippen molar-refractivity contribution in [1.29, 1.82) is 0 Å². The second kappa shape index (κ2) is 8.61. The second-order valence-corrected chi connectivity index (χ2v) is 5.85. The van der Waals surface area contributed by atoms with Crippen LogP contribution in [0.15, 0.2) is 0 Å². The molecule has 0 aromatic heterocycles. The largest absolute Gasteiger partial charge is 0.481 e. The van der Waals surface area contributed by atoms with Gasteiger partial charge in [-0.1, -0.05) is 13.3 Å². The molecule has 0 aliphatic rings. The summed E-state index contributed by atoms with van der Waals surface area (Å²) < 4.78 is 5.08. The van der Waals surface area contributed by atoms with Gasteiger partial charge in [-0.05, 0) is 27.2 Å². The zero-order valence-corrected chi connectivity index (χ0v) is 13.0. The summed E-state index contributed by atoms with van der Waals surface area (Å²) in [6.45, 7) is 6.96. The molecule has 1 amide bonds. The van der Waals surface area contributed by atoms with Crippen LogP contribution in [0.4, 0.5) is 4.79 Å². The molecule has 7 heteroatoms. The van der Waals surface area contributed by atoms with E-state index >= 15 is 0 Å². The van der Waals surface area contributed by atoms with E-state index in [1.165, 1.54) is 0 Å². The number of carboxylic acid groups (broad SMARTS) is 1. The van der Waals surface area contributed by atoms with E-state index in [1.807, 2.05) is 6.92 Å². The Hall–Kier alpha value is -1.63. The van der Waals surface area contributed by atoms with Gasteiger partial charge >= 0.3 is 12.1 Å². The predicted octanol–water partition coefficient (Wildman–Crippen LogP) is 1.47. The highest BCUT2D eigenvalue weighted by Gasteiger charge is 2.28. The number of aliphatic hydroxyl groups excluding tert-OH is 1. The average molecular weight is 303 g/mol. The lowest BCUT2D eigenvalue weighted by atomic mass is 9.99. The number of nitrogens with one attached hydrogen (secondary N) is 1. The van der Waals surface area contributed by atoms with Gasteiger partial charge in [0.25, 0.3) is 0 Å². The minimum atomic E-state index is -1.43. The van der Waals surface area contributed by atoms with E-state index in [-0.39, 0.29) is 12.8 Å². The molecule has 3 N–H and O–H groups in total. The van der Waals surface area contributed by atoms with Gasteiger partial charge in [-0.25, -0.2) is 4.79 Å². The fourth-order valence-electron chi connectivity index (χ4n) is 1.68. The summed E-state index contributed by atoms with van der Waals surface area (Å²) in [5.74, 6) is -1.71. The lowest BCUT2D eigenvalue weighted by Crippen LogP contribution is -2.48. The predicted molar refractivity (Wildman–Crippen MR) is 75.9 cm³/mol. The Kier molecular flexibility index (Phi) is 7.94. The third-order valence-electron chi connectivity index (χ3n) is 2.60. The Morgan fingerprint density at radius 1 is 1.19 bits per heavy atom. The number of hydrogen-bond donors (Lipinski definition) is 3. The normalized spacial score (nSPS) is 14.1. The summed E-state index contributed by atoms with van der Waals surface area (Å²) in [6, 6.07) is -0.786. The molecular formula is C14H25NO6. The number of carboxylic acids is 1. The minimum absolute atomic E-state index is 0.271. The van der Waals surface area contributed by atoms with Crippen molar-refractivity contribution in [3.05, 3.63) is 0 Å². The first-order valence-corrected chi connectivity index (χ1v) is 6.99. The molecule has 122 valence electrons. The van der Waals surface area contributed by atoms with Crippen LogP contribution in [0.5, 0.6) is 0 Å². The molecule has 0 radical (unpaired) electrons. The maximum Gasteiger partial charge on any atom is 0.407 e. The quantitative estimate of drug-likeness (QED) is 0.626. The van der Waals surface area contributed by atoms with Gasteiger partial charge < -0.3 is 20.3 Å². The summed E-state index contributed by atoms with van der Waals surface area (Å²) in [7, 11) is 0. The van der Waals surface area contributed by atoms with Gasteiger partial charge in [-0.15, -0.1) is 0 Å². The number of aliphatic hydroxyl groups is 1. The van der Waals surface area contributed by atoms with Gasteiger partial charge in [0.2, 0.25) is 0 Å². The van der Waals surface area contributed by atoms with Gasteiger partial charge in [0, 0.05) is 6.42 Å². The molecular weight excluding hydrogens is 278 g/mol. The highest BCUT2D eigenvalue weighted by Crippen LogP contribution is 2.11. The topological polar surface area (TPSA) is 113 Å². The van der Waals surface area contributed by atoms with Crippen molar-refractivity contribution in [2.24, 2.45) is 0 Å². The van der Waals surface area contributed by atoms with Gasteiger partial charge in [0.15, 0.2) is 5.78 Å². The van der Waals surface area contributed by atoms with E-state index < -0.39 is 35.6 Å². The summed E-state index contributed by atoms with van der Waals surface area (Å²) >= 11 is 0.